The molecule has 1 saturated heterocycles. The molecule has 17 heavy (non-hydrogen) atoms. The Hall–Kier alpha value is -1.36. The maximum Gasteiger partial charge on any atom is 0.274 e. The molecule has 0 aliphatic carbocycles. The molecule has 1 aromatic heterocycles. The topological polar surface area (TPSA) is 66.1 Å². The molecule has 1 amide bonds. The maximum absolute atomic E-state index is 12.2. The molecule has 1 aliphatic rings. The summed E-state index contributed by atoms with van der Waals surface area (Å²) in [6, 6.07) is 2.79. The van der Waals surface area contributed by atoms with E-state index in [0.717, 1.165) is 6.42 Å². The molecule has 0 saturated carbocycles. The zero-order valence-electron chi connectivity index (χ0n) is 9.52. The molecular formula is C11H14ClN3O2. The Morgan fingerprint density at radius 3 is 3.00 bits per heavy atom. The van der Waals surface area contributed by atoms with E-state index in [4.69, 9.17) is 11.6 Å². The van der Waals surface area contributed by atoms with Gasteiger partial charge >= 0.3 is 0 Å². The van der Waals surface area contributed by atoms with Gasteiger partial charge in [0.05, 0.1) is 0 Å². The first-order chi connectivity index (χ1) is 8.13. The van der Waals surface area contributed by atoms with Crippen LogP contribution < -0.4 is 5.56 Å². The maximum atomic E-state index is 12.2. The summed E-state index contributed by atoms with van der Waals surface area (Å²) in [6.45, 7) is 2.78. The number of carbonyl (C=O) groups is 1. The smallest absolute Gasteiger partial charge is 0.274 e. The van der Waals surface area contributed by atoms with Gasteiger partial charge in [-0.25, -0.2) is 5.10 Å². The summed E-state index contributed by atoms with van der Waals surface area (Å²) in [5.41, 5.74) is -0.0564. The molecule has 92 valence electrons. The highest BCUT2D eigenvalue weighted by molar-refractivity contribution is 6.18. The number of H-pyrrole nitrogens is 1. The van der Waals surface area contributed by atoms with Gasteiger partial charge in [0.1, 0.15) is 5.69 Å². The number of alkyl halides is 1. The number of amides is 1. The summed E-state index contributed by atoms with van der Waals surface area (Å²) < 4.78 is 0. The van der Waals surface area contributed by atoms with Crippen molar-refractivity contribution >= 4 is 17.5 Å². The molecule has 2 unspecified atom stereocenters. The van der Waals surface area contributed by atoms with Gasteiger partial charge in [-0.05, 0) is 18.4 Å². The fraction of sp³-hybridized carbons (Fsp3) is 0.545. The number of hydrogen-bond donors (Lipinski definition) is 1. The van der Waals surface area contributed by atoms with Crippen molar-refractivity contribution < 1.29 is 4.79 Å². The molecule has 0 spiro atoms. The van der Waals surface area contributed by atoms with Crippen LogP contribution in [0.5, 0.6) is 0 Å². The van der Waals surface area contributed by atoms with Crippen LogP contribution in [0.25, 0.3) is 0 Å². The van der Waals surface area contributed by atoms with Crippen LogP contribution in [-0.2, 0) is 0 Å². The van der Waals surface area contributed by atoms with E-state index in [-0.39, 0.29) is 23.2 Å². The van der Waals surface area contributed by atoms with Crippen LogP contribution in [0.3, 0.4) is 0 Å². The van der Waals surface area contributed by atoms with E-state index in [9.17, 15) is 9.59 Å². The van der Waals surface area contributed by atoms with E-state index in [0.29, 0.717) is 18.3 Å². The van der Waals surface area contributed by atoms with Crippen molar-refractivity contribution in [2.24, 2.45) is 5.92 Å². The molecule has 1 fully saturated rings. The van der Waals surface area contributed by atoms with E-state index >= 15 is 0 Å². The average Bonchev–Trinajstić information content (AvgIpc) is 2.70. The van der Waals surface area contributed by atoms with Crippen LogP contribution in [0.15, 0.2) is 16.9 Å². The van der Waals surface area contributed by atoms with Crippen molar-refractivity contribution in [3.05, 3.63) is 28.2 Å². The predicted molar refractivity (Wildman–Crippen MR) is 64.2 cm³/mol. The Kier molecular flexibility index (Phi) is 3.47. The second-order valence-electron chi connectivity index (χ2n) is 4.29. The van der Waals surface area contributed by atoms with Gasteiger partial charge < -0.3 is 4.90 Å². The van der Waals surface area contributed by atoms with Gasteiger partial charge in [-0.15, -0.1) is 11.6 Å². The molecule has 2 rings (SSSR count). The van der Waals surface area contributed by atoms with Crippen molar-refractivity contribution in [3.63, 3.8) is 0 Å². The lowest BCUT2D eigenvalue weighted by Gasteiger charge is -2.24. The normalized spacial score (nSPS) is 24.0. The van der Waals surface area contributed by atoms with Crippen molar-refractivity contribution in [2.75, 3.05) is 12.4 Å². The molecular weight excluding hydrogens is 242 g/mol. The molecule has 0 bridgehead atoms. The Labute approximate surface area is 104 Å². The van der Waals surface area contributed by atoms with Crippen molar-refractivity contribution in [3.8, 4) is 0 Å². The number of nitrogens with one attached hydrogen (secondary N) is 1. The fourth-order valence-electron chi connectivity index (χ4n) is 2.11. The van der Waals surface area contributed by atoms with E-state index in [2.05, 4.69) is 17.1 Å². The molecule has 2 atom stereocenters. The first kappa shape index (κ1) is 12.1. The van der Waals surface area contributed by atoms with Crippen LogP contribution in [0, 0.1) is 5.92 Å². The number of halogens is 1. The van der Waals surface area contributed by atoms with Crippen molar-refractivity contribution in [1.29, 1.82) is 0 Å². The van der Waals surface area contributed by atoms with E-state index in [1.54, 1.807) is 4.90 Å². The summed E-state index contributed by atoms with van der Waals surface area (Å²) in [5, 5.41) is 6.01. The van der Waals surface area contributed by atoms with Crippen LogP contribution >= 0.6 is 11.6 Å². The van der Waals surface area contributed by atoms with E-state index in [1.807, 2.05) is 0 Å². The molecule has 0 aromatic carbocycles. The number of likely N-dealkylation sites (tertiary alicyclic amines) is 1. The zero-order chi connectivity index (χ0) is 12.4. The fourth-order valence-corrected chi connectivity index (χ4v) is 2.58. The Morgan fingerprint density at radius 1 is 1.65 bits per heavy atom. The lowest BCUT2D eigenvalue weighted by molar-refractivity contribution is 0.0729. The van der Waals surface area contributed by atoms with Gasteiger partial charge in [0, 0.05) is 24.5 Å². The minimum atomic E-state index is -0.315. The summed E-state index contributed by atoms with van der Waals surface area (Å²) in [6.07, 6.45) is 0.951. The molecule has 5 nitrogen and oxygen atoms in total. The second-order valence-corrected chi connectivity index (χ2v) is 4.60. The summed E-state index contributed by atoms with van der Waals surface area (Å²) in [4.78, 5) is 24.8. The molecule has 1 N–H and O–H groups in total. The average molecular weight is 256 g/mol. The van der Waals surface area contributed by atoms with Crippen molar-refractivity contribution in [1.82, 2.24) is 15.1 Å². The number of aromatic amines is 1. The summed E-state index contributed by atoms with van der Waals surface area (Å²) >= 11 is 5.88. The minimum absolute atomic E-state index is 0.0536. The van der Waals surface area contributed by atoms with E-state index in [1.165, 1.54) is 12.1 Å². The van der Waals surface area contributed by atoms with Gasteiger partial charge in [0.15, 0.2) is 0 Å². The SMILES string of the molecule is CC1CCN(C(=O)c2ccc(=O)[nH]n2)C1CCl. The van der Waals surface area contributed by atoms with E-state index < -0.39 is 0 Å². The number of hydrogen-bond acceptors (Lipinski definition) is 3. The van der Waals surface area contributed by atoms with Gasteiger partial charge in [-0.1, -0.05) is 6.92 Å². The molecule has 1 aliphatic heterocycles. The third-order valence-electron chi connectivity index (χ3n) is 3.20. The molecule has 2 heterocycles. The van der Waals surface area contributed by atoms with Gasteiger partial charge in [0.2, 0.25) is 0 Å². The second kappa shape index (κ2) is 4.87. The first-order valence-electron chi connectivity index (χ1n) is 5.56. The quantitative estimate of drug-likeness (QED) is 0.797. The third-order valence-corrected chi connectivity index (χ3v) is 3.52. The predicted octanol–water partition coefficient (Wildman–Crippen LogP) is 0.859. The van der Waals surface area contributed by atoms with Crippen LogP contribution in [0.2, 0.25) is 0 Å². The van der Waals surface area contributed by atoms with Crippen LogP contribution in [0.4, 0.5) is 0 Å². The lowest BCUT2D eigenvalue weighted by Crippen LogP contribution is -2.39. The highest BCUT2D eigenvalue weighted by Gasteiger charge is 2.34. The monoisotopic (exact) mass is 255 g/mol. The highest BCUT2D eigenvalue weighted by Crippen LogP contribution is 2.25. The standard InChI is InChI=1S/C11H14ClN3O2/c1-7-4-5-15(9(7)6-12)11(17)8-2-3-10(16)14-13-8/h2-3,7,9H,4-6H2,1H3,(H,14,16). The van der Waals surface area contributed by atoms with Crippen LogP contribution in [-0.4, -0.2) is 39.5 Å². The van der Waals surface area contributed by atoms with Crippen LogP contribution in [0.1, 0.15) is 23.8 Å². The highest BCUT2D eigenvalue weighted by atomic mass is 35.5. The molecule has 0 radical (unpaired) electrons. The third kappa shape index (κ3) is 2.34. The largest absolute Gasteiger partial charge is 0.333 e. The summed E-state index contributed by atoms with van der Waals surface area (Å²) in [5.74, 6) is 0.659. The Bertz CT molecular complexity index is 454. The lowest BCUT2D eigenvalue weighted by atomic mass is 10.1. The number of carbonyl (C=O) groups excluding carboxylic acids is 1. The molecule has 6 heteroatoms. The minimum Gasteiger partial charge on any atom is -0.333 e. The molecule has 1 aromatic rings. The zero-order valence-corrected chi connectivity index (χ0v) is 10.3. The number of rotatable bonds is 2. The first-order valence-corrected chi connectivity index (χ1v) is 6.09. The Morgan fingerprint density at radius 2 is 2.41 bits per heavy atom. The summed E-state index contributed by atoms with van der Waals surface area (Å²) in [7, 11) is 0. The van der Waals surface area contributed by atoms with Gasteiger partial charge in [-0.3, -0.25) is 9.59 Å². The number of aromatic nitrogens is 2. The van der Waals surface area contributed by atoms with Crippen molar-refractivity contribution in [2.45, 2.75) is 19.4 Å². The van der Waals surface area contributed by atoms with Gasteiger partial charge in [0.25, 0.3) is 11.5 Å². The number of nitrogens with zero attached hydrogens (tertiary/aromatic N) is 2. The Balaban J connectivity index is 2.20. The van der Waals surface area contributed by atoms with Gasteiger partial charge in [-0.2, -0.15) is 5.10 Å².